The van der Waals surface area contributed by atoms with Gasteiger partial charge in [0.15, 0.2) is 0 Å². The maximum absolute atomic E-state index is 12.8. The predicted molar refractivity (Wildman–Crippen MR) is 79.0 cm³/mol. The van der Waals surface area contributed by atoms with Crippen LogP contribution in [0, 0.1) is 0 Å². The van der Waals surface area contributed by atoms with Gasteiger partial charge in [-0.05, 0) is 51.3 Å². The summed E-state index contributed by atoms with van der Waals surface area (Å²) in [7, 11) is 2.09. The van der Waals surface area contributed by atoms with Crippen molar-refractivity contribution < 1.29 is 9.59 Å². The molecule has 2 atom stereocenters. The Morgan fingerprint density at radius 2 is 2.18 bits per heavy atom. The van der Waals surface area contributed by atoms with E-state index in [-0.39, 0.29) is 11.6 Å². The zero-order valence-electron chi connectivity index (χ0n) is 12.5. The van der Waals surface area contributed by atoms with Crippen LogP contribution < -0.4 is 16.0 Å². The standard InChI is InChI=1S/C16H18N4O2/c1-20-10-4-3-8-16(20,9-7-10)19-14(21)11-5-2-6-12-13(11)18-15(22)17-12/h2,5-6,10H,3-4,7-9H2,1H3,(H,19,21)/t10-,16+/m1/s1. The van der Waals surface area contributed by atoms with Crippen molar-refractivity contribution in [3.05, 3.63) is 34.5 Å². The molecular weight excluding hydrogens is 280 g/mol. The second kappa shape index (κ2) is 4.71. The molecular formula is C16H18N4O2. The highest BCUT2D eigenvalue weighted by Gasteiger charge is 2.47. The molecule has 0 spiro atoms. The van der Waals surface area contributed by atoms with Crippen molar-refractivity contribution >= 4 is 11.9 Å². The van der Waals surface area contributed by atoms with Gasteiger partial charge in [0, 0.05) is 6.04 Å². The normalized spacial score (nSPS) is 29.7. The van der Waals surface area contributed by atoms with E-state index in [9.17, 15) is 9.59 Å². The van der Waals surface area contributed by atoms with Crippen LogP contribution in [-0.2, 0) is 0 Å². The van der Waals surface area contributed by atoms with Gasteiger partial charge in [-0.15, -0.1) is 0 Å². The zero-order valence-corrected chi connectivity index (χ0v) is 12.5. The molecule has 4 rings (SSSR count). The second-order valence-corrected chi connectivity index (χ2v) is 6.36. The highest BCUT2D eigenvalue weighted by molar-refractivity contribution is 5.95. The Balaban J connectivity index is 1.68. The first-order valence-corrected chi connectivity index (χ1v) is 7.75. The topological polar surface area (TPSA) is 74.1 Å². The Morgan fingerprint density at radius 1 is 1.32 bits per heavy atom. The lowest BCUT2D eigenvalue weighted by atomic mass is 9.97. The first-order chi connectivity index (χ1) is 10.6. The van der Waals surface area contributed by atoms with E-state index >= 15 is 0 Å². The molecule has 2 bridgehead atoms. The Bertz CT molecular complexity index is 784. The number of para-hydroxylation sites is 1. The summed E-state index contributed by atoms with van der Waals surface area (Å²) < 4.78 is 0. The van der Waals surface area contributed by atoms with Gasteiger partial charge in [-0.3, -0.25) is 9.69 Å². The fourth-order valence-corrected chi connectivity index (χ4v) is 4.03. The summed E-state index contributed by atoms with van der Waals surface area (Å²) in [5.41, 5.74) is 0.187. The molecule has 0 aromatic heterocycles. The fraction of sp³-hybridized carbons (Fsp3) is 0.500. The van der Waals surface area contributed by atoms with Gasteiger partial charge in [0.05, 0.1) is 16.6 Å². The van der Waals surface area contributed by atoms with E-state index < -0.39 is 6.03 Å². The number of hydrogen-bond donors (Lipinski definition) is 1. The molecule has 1 aromatic carbocycles. The molecule has 0 aliphatic carbocycles. The van der Waals surface area contributed by atoms with Crippen LogP contribution in [0.15, 0.2) is 28.2 Å². The third-order valence-electron chi connectivity index (χ3n) is 5.27. The number of urea groups is 1. The van der Waals surface area contributed by atoms with Crippen LogP contribution >= 0.6 is 0 Å². The molecule has 0 saturated carbocycles. The summed E-state index contributed by atoms with van der Waals surface area (Å²) in [5, 5.41) is 4.09. The zero-order chi connectivity index (χ0) is 15.3. The van der Waals surface area contributed by atoms with Gasteiger partial charge in [0.25, 0.3) is 5.91 Å². The fourth-order valence-electron chi connectivity index (χ4n) is 4.03. The average Bonchev–Trinajstić information content (AvgIpc) is 2.91. The molecule has 114 valence electrons. The lowest BCUT2D eigenvalue weighted by molar-refractivity contribution is 0.0436. The molecule has 6 heteroatoms. The molecule has 1 N–H and O–H groups in total. The minimum atomic E-state index is -0.538. The summed E-state index contributed by atoms with van der Waals surface area (Å²) in [6.07, 6.45) is 5.43. The molecule has 1 aromatic rings. The number of nitrogens with zero attached hydrogens (tertiary/aromatic N) is 3. The molecule has 2 saturated heterocycles. The van der Waals surface area contributed by atoms with Gasteiger partial charge in [0.2, 0.25) is 0 Å². The molecule has 6 nitrogen and oxygen atoms in total. The third-order valence-corrected chi connectivity index (χ3v) is 5.27. The van der Waals surface area contributed by atoms with Crippen LogP contribution in [0.25, 0.3) is 0 Å². The summed E-state index contributed by atoms with van der Waals surface area (Å²) in [6.45, 7) is 0. The minimum absolute atomic E-state index is 0.167. The minimum Gasteiger partial charge on any atom is -0.334 e. The Morgan fingerprint density at radius 3 is 3.05 bits per heavy atom. The van der Waals surface area contributed by atoms with Gasteiger partial charge in [-0.25, -0.2) is 4.79 Å². The predicted octanol–water partition coefficient (Wildman–Crippen LogP) is 0.764. The van der Waals surface area contributed by atoms with E-state index in [2.05, 4.69) is 27.2 Å². The molecule has 0 radical (unpaired) electrons. The molecule has 3 heterocycles. The largest absolute Gasteiger partial charge is 0.368 e. The first kappa shape index (κ1) is 13.6. The number of fused-ring (bicyclic) bond motifs is 3. The number of hydrogen-bond acceptors (Lipinski definition) is 3. The maximum Gasteiger partial charge on any atom is 0.368 e. The van der Waals surface area contributed by atoms with Crippen molar-refractivity contribution in [3.63, 3.8) is 0 Å². The number of carbonyl (C=O) groups excluding carboxylic acids is 2. The van der Waals surface area contributed by atoms with Crippen molar-refractivity contribution in [1.82, 2.24) is 10.2 Å². The summed E-state index contributed by atoms with van der Waals surface area (Å²) in [4.78, 5) is 34.1. The lowest BCUT2D eigenvalue weighted by Crippen LogP contribution is -2.59. The molecule has 0 unspecified atom stereocenters. The van der Waals surface area contributed by atoms with Gasteiger partial charge < -0.3 is 5.32 Å². The molecule has 3 aliphatic heterocycles. The number of benzene rings is 1. The molecule has 22 heavy (non-hydrogen) atoms. The number of nitrogens with one attached hydrogen (secondary N) is 1. The number of amides is 3. The Hall–Kier alpha value is -2.08. The van der Waals surface area contributed by atoms with E-state index in [1.807, 2.05) is 0 Å². The van der Waals surface area contributed by atoms with Crippen molar-refractivity contribution in [3.8, 4) is 0 Å². The van der Waals surface area contributed by atoms with Crippen molar-refractivity contribution in [2.24, 2.45) is 9.98 Å². The monoisotopic (exact) mass is 298 g/mol. The summed E-state index contributed by atoms with van der Waals surface area (Å²) >= 11 is 0. The summed E-state index contributed by atoms with van der Waals surface area (Å²) in [6, 6.07) is 5.18. The van der Waals surface area contributed by atoms with Crippen molar-refractivity contribution in [2.75, 3.05) is 7.05 Å². The Labute approximate surface area is 127 Å². The van der Waals surface area contributed by atoms with Gasteiger partial charge in [-0.1, -0.05) is 6.07 Å². The van der Waals surface area contributed by atoms with E-state index in [1.165, 1.54) is 6.42 Å². The van der Waals surface area contributed by atoms with Crippen molar-refractivity contribution in [2.45, 2.75) is 43.8 Å². The molecule has 2 fully saturated rings. The van der Waals surface area contributed by atoms with Crippen LogP contribution in [0.1, 0.15) is 42.5 Å². The highest BCUT2D eigenvalue weighted by atomic mass is 16.2. The van der Waals surface area contributed by atoms with Crippen LogP contribution in [-0.4, -0.2) is 35.6 Å². The van der Waals surface area contributed by atoms with E-state index in [0.717, 1.165) is 25.7 Å². The van der Waals surface area contributed by atoms with E-state index in [0.29, 0.717) is 22.3 Å². The number of rotatable bonds is 2. The first-order valence-electron chi connectivity index (χ1n) is 7.75. The Kier molecular flexibility index (Phi) is 2.91. The van der Waals surface area contributed by atoms with Crippen LogP contribution in [0.5, 0.6) is 0 Å². The summed E-state index contributed by atoms with van der Waals surface area (Å²) in [5.74, 6) is -0.167. The second-order valence-electron chi connectivity index (χ2n) is 6.36. The smallest absolute Gasteiger partial charge is 0.334 e. The highest BCUT2D eigenvalue weighted by Crippen LogP contribution is 2.41. The average molecular weight is 298 g/mol. The van der Waals surface area contributed by atoms with Crippen LogP contribution in [0.2, 0.25) is 0 Å². The maximum atomic E-state index is 12.8. The molecule has 3 aliphatic rings. The quantitative estimate of drug-likeness (QED) is 0.876. The van der Waals surface area contributed by atoms with Crippen LogP contribution in [0.3, 0.4) is 0 Å². The third kappa shape index (κ3) is 1.90. The van der Waals surface area contributed by atoms with E-state index in [1.54, 1.807) is 18.2 Å². The van der Waals surface area contributed by atoms with E-state index in [4.69, 9.17) is 0 Å². The molecule has 3 amide bonds. The lowest BCUT2D eigenvalue weighted by Gasteiger charge is -2.43. The SMILES string of the molecule is CN1[C@@H]2CCC[C@@]1(NC(=O)c1cccc3c1=NC(=O)N=3)CC2. The number of carbonyl (C=O) groups is 2. The van der Waals surface area contributed by atoms with Gasteiger partial charge in [-0.2, -0.15) is 9.98 Å². The number of piperidine rings is 1. The van der Waals surface area contributed by atoms with Gasteiger partial charge >= 0.3 is 6.03 Å². The van der Waals surface area contributed by atoms with Crippen LogP contribution in [0.4, 0.5) is 4.79 Å². The van der Waals surface area contributed by atoms with Crippen molar-refractivity contribution in [1.29, 1.82) is 0 Å². The van der Waals surface area contributed by atoms with Gasteiger partial charge in [0.1, 0.15) is 5.36 Å².